The third-order valence-corrected chi connectivity index (χ3v) is 4.02. The van der Waals surface area contributed by atoms with Crippen LogP contribution in [0.5, 0.6) is 0 Å². The predicted molar refractivity (Wildman–Crippen MR) is 98.7 cm³/mol. The number of hydrogen-bond acceptors (Lipinski definition) is 3. The average molecular weight is 392 g/mol. The summed E-state index contributed by atoms with van der Waals surface area (Å²) >= 11 is 3.40. The Bertz CT molecular complexity index is 739. The smallest absolute Gasteiger partial charge is 0.266 e. The van der Waals surface area contributed by atoms with Gasteiger partial charge in [-0.2, -0.15) is 5.10 Å². The van der Waals surface area contributed by atoms with Gasteiger partial charge >= 0.3 is 0 Å². The van der Waals surface area contributed by atoms with Gasteiger partial charge in [-0.05, 0) is 30.5 Å². The highest BCUT2D eigenvalue weighted by Gasteiger charge is 2.06. The average Bonchev–Trinajstić information content (AvgIpc) is 2.55. The van der Waals surface area contributed by atoms with Gasteiger partial charge in [-0.3, -0.25) is 9.59 Å². The minimum absolute atomic E-state index is 0.0146. The molecule has 1 aromatic carbocycles. The summed E-state index contributed by atoms with van der Waals surface area (Å²) in [6.45, 7) is 5.21. The van der Waals surface area contributed by atoms with Crippen molar-refractivity contribution < 1.29 is 4.79 Å². The number of halogens is 1. The van der Waals surface area contributed by atoms with Gasteiger partial charge in [0.15, 0.2) is 0 Å². The molecule has 1 aromatic heterocycles. The Labute approximate surface area is 150 Å². The van der Waals surface area contributed by atoms with Crippen LogP contribution in [-0.4, -0.2) is 22.2 Å². The first-order valence-corrected chi connectivity index (χ1v) is 8.86. The van der Waals surface area contributed by atoms with Crippen LogP contribution in [0.1, 0.15) is 26.7 Å². The maximum absolute atomic E-state index is 11.9. The van der Waals surface area contributed by atoms with Gasteiger partial charge in [0.2, 0.25) is 5.91 Å². The quantitative estimate of drug-likeness (QED) is 0.787. The molecule has 6 heteroatoms. The van der Waals surface area contributed by atoms with E-state index in [9.17, 15) is 9.59 Å². The summed E-state index contributed by atoms with van der Waals surface area (Å²) in [5, 5.41) is 7.27. The fourth-order valence-corrected chi connectivity index (χ4v) is 2.44. The number of hydrogen-bond donors (Lipinski definition) is 1. The molecule has 5 nitrogen and oxygen atoms in total. The maximum atomic E-state index is 11.9. The van der Waals surface area contributed by atoms with E-state index in [1.54, 1.807) is 6.07 Å². The van der Waals surface area contributed by atoms with Crippen LogP contribution in [0.4, 0.5) is 0 Å². The molecular formula is C18H22BrN3O2. The second-order valence-electron chi connectivity index (χ2n) is 6.09. The van der Waals surface area contributed by atoms with Crippen LogP contribution in [0.15, 0.2) is 45.7 Å². The number of nitrogens with one attached hydrogen (secondary N) is 1. The molecule has 0 bridgehead atoms. The lowest BCUT2D eigenvalue weighted by atomic mass is 10.1. The molecule has 0 aliphatic heterocycles. The highest BCUT2D eigenvalue weighted by atomic mass is 79.9. The number of carbonyl (C=O) groups excluding carboxylic acids is 1. The standard InChI is InChI=1S/C18H22BrN3O2/c1-13(2)12-20-17(23)4-3-11-22-18(24)10-9-16(21-22)14-5-7-15(19)8-6-14/h5-10,13H,3-4,11-12H2,1-2H3,(H,20,23). The van der Waals surface area contributed by atoms with Gasteiger partial charge in [0.25, 0.3) is 5.56 Å². The molecule has 2 aromatic rings. The fourth-order valence-electron chi connectivity index (χ4n) is 2.18. The van der Waals surface area contributed by atoms with Crippen LogP contribution < -0.4 is 10.9 Å². The van der Waals surface area contributed by atoms with E-state index in [4.69, 9.17) is 0 Å². The summed E-state index contributed by atoms with van der Waals surface area (Å²) in [6, 6.07) is 11.0. The Kier molecular flexibility index (Phi) is 6.73. The molecule has 1 amide bonds. The van der Waals surface area contributed by atoms with E-state index in [1.807, 2.05) is 24.3 Å². The number of aromatic nitrogens is 2. The summed E-state index contributed by atoms with van der Waals surface area (Å²) < 4.78 is 2.42. The molecule has 0 spiro atoms. The molecule has 0 fully saturated rings. The molecule has 1 N–H and O–H groups in total. The van der Waals surface area contributed by atoms with Crippen molar-refractivity contribution in [3.05, 3.63) is 51.2 Å². The van der Waals surface area contributed by atoms with Gasteiger partial charge in [0.05, 0.1) is 5.69 Å². The predicted octanol–water partition coefficient (Wildman–Crippen LogP) is 3.23. The zero-order chi connectivity index (χ0) is 17.5. The van der Waals surface area contributed by atoms with Crippen molar-refractivity contribution in [3.8, 4) is 11.3 Å². The van der Waals surface area contributed by atoms with Crippen LogP contribution in [-0.2, 0) is 11.3 Å². The third-order valence-electron chi connectivity index (χ3n) is 3.49. The van der Waals surface area contributed by atoms with Crippen LogP contribution in [0, 0.1) is 5.92 Å². The second kappa shape index (κ2) is 8.78. The normalized spacial score (nSPS) is 10.8. The first-order chi connectivity index (χ1) is 11.5. The Hall–Kier alpha value is -1.95. The van der Waals surface area contributed by atoms with Crippen LogP contribution in [0.2, 0.25) is 0 Å². The van der Waals surface area contributed by atoms with Gasteiger partial charge in [-0.15, -0.1) is 0 Å². The van der Waals surface area contributed by atoms with Gasteiger partial charge in [0.1, 0.15) is 0 Å². The van der Waals surface area contributed by atoms with E-state index in [0.29, 0.717) is 31.8 Å². The molecule has 0 radical (unpaired) electrons. The second-order valence-corrected chi connectivity index (χ2v) is 7.00. The molecule has 0 aliphatic carbocycles. The number of rotatable bonds is 7. The van der Waals surface area contributed by atoms with Crippen molar-refractivity contribution in [2.45, 2.75) is 33.2 Å². The zero-order valence-electron chi connectivity index (χ0n) is 14.0. The minimum Gasteiger partial charge on any atom is -0.356 e. The van der Waals surface area contributed by atoms with Crippen molar-refractivity contribution in [2.24, 2.45) is 5.92 Å². The van der Waals surface area contributed by atoms with E-state index < -0.39 is 0 Å². The van der Waals surface area contributed by atoms with Crippen molar-refractivity contribution in [1.82, 2.24) is 15.1 Å². The van der Waals surface area contributed by atoms with Gasteiger partial charge in [-0.25, -0.2) is 4.68 Å². The van der Waals surface area contributed by atoms with Crippen molar-refractivity contribution >= 4 is 21.8 Å². The van der Waals surface area contributed by atoms with E-state index >= 15 is 0 Å². The highest BCUT2D eigenvalue weighted by molar-refractivity contribution is 9.10. The summed E-state index contributed by atoms with van der Waals surface area (Å²) in [5.74, 6) is 0.446. The molecule has 24 heavy (non-hydrogen) atoms. The molecule has 0 atom stereocenters. The Morgan fingerprint density at radius 3 is 2.58 bits per heavy atom. The lowest BCUT2D eigenvalue weighted by molar-refractivity contribution is -0.121. The van der Waals surface area contributed by atoms with Crippen LogP contribution in [0.25, 0.3) is 11.3 Å². The monoisotopic (exact) mass is 391 g/mol. The minimum atomic E-state index is -0.154. The topological polar surface area (TPSA) is 64.0 Å². The lowest BCUT2D eigenvalue weighted by Crippen LogP contribution is -2.28. The van der Waals surface area contributed by atoms with Crippen molar-refractivity contribution in [1.29, 1.82) is 0 Å². The first-order valence-electron chi connectivity index (χ1n) is 8.06. The van der Waals surface area contributed by atoms with Crippen molar-refractivity contribution in [2.75, 3.05) is 6.54 Å². The summed E-state index contributed by atoms with van der Waals surface area (Å²) in [4.78, 5) is 23.7. The SMILES string of the molecule is CC(C)CNC(=O)CCCn1nc(-c2ccc(Br)cc2)ccc1=O. The number of carbonyl (C=O) groups is 1. The number of benzene rings is 1. The number of nitrogens with zero attached hydrogens (tertiary/aromatic N) is 2. The van der Waals surface area contributed by atoms with E-state index in [1.165, 1.54) is 10.7 Å². The van der Waals surface area contributed by atoms with Crippen LogP contribution >= 0.6 is 15.9 Å². The highest BCUT2D eigenvalue weighted by Crippen LogP contribution is 2.18. The number of amides is 1. The molecule has 0 saturated carbocycles. The van der Waals surface area contributed by atoms with E-state index in [2.05, 4.69) is 40.2 Å². The number of aryl methyl sites for hydroxylation is 1. The van der Waals surface area contributed by atoms with Gasteiger partial charge < -0.3 is 5.32 Å². The molecule has 0 unspecified atom stereocenters. The zero-order valence-corrected chi connectivity index (χ0v) is 15.5. The Balaban J connectivity index is 1.98. The molecular weight excluding hydrogens is 370 g/mol. The van der Waals surface area contributed by atoms with Gasteiger partial charge in [-0.1, -0.05) is 41.9 Å². The van der Waals surface area contributed by atoms with E-state index in [-0.39, 0.29) is 11.5 Å². The molecule has 0 saturated heterocycles. The van der Waals surface area contributed by atoms with Gasteiger partial charge in [0, 0.05) is 35.6 Å². The summed E-state index contributed by atoms with van der Waals surface area (Å²) in [6.07, 6.45) is 0.976. The van der Waals surface area contributed by atoms with Crippen LogP contribution in [0.3, 0.4) is 0 Å². The van der Waals surface area contributed by atoms with E-state index in [0.717, 1.165) is 15.7 Å². The molecule has 128 valence electrons. The maximum Gasteiger partial charge on any atom is 0.266 e. The Morgan fingerprint density at radius 1 is 1.21 bits per heavy atom. The first kappa shape index (κ1) is 18.4. The third kappa shape index (κ3) is 5.60. The van der Waals surface area contributed by atoms with Crippen molar-refractivity contribution in [3.63, 3.8) is 0 Å². The molecule has 0 aliphatic rings. The summed E-state index contributed by atoms with van der Waals surface area (Å²) in [5.41, 5.74) is 1.53. The molecule has 2 rings (SSSR count). The molecule has 1 heterocycles. The lowest BCUT2D eigenvalue weighted by Gasteiger charge is -2.09. The fraction of sp³-hybridized carbons (Fsp3) is 0.389. The summed E-state index contributed by atoms with van der Waals surface area (Å²) in [7, 11) is 0. The largest absolute Gasteiger partial charge is 0.356 e. The Morgan fingerprint density at radius 2 is 1.92 bits per heavy atom.